The predicted octanol–water partition coefficient (Wildman–Crippen LogP) is 0.977. The molecule has 1 heterocycles. The van der Waals surface area contributed by atoms with Gasteiger partial charge in [-0.3, -0.25) is 4.68 Å². The summed E-state index contributed by atoms with van der Waals surface area (Å²) in [6.07, 6.45) is 0. The van der Waals surface area contributed by atoms with Gasteiger partial charge < -0.3 is 4.57 Å². The molecule has 1 aromatic heterocycles. The summed E-state index contributed by atoms with van der Waals surface area (Å²) >= 11 is 0. The van der Waals surface area contributed by atoms with E-state index in [0.29, 0.717) is 0 Å². The van der Waals surface area contributed by atoms with Crippen molar-refractivity contribution in [1.29, 1.82) is 0 Å². The second kappa shape index (κ2) is 2.49. The molecule has 0 N–H and O–H groups in total. The summed E-state index contributed by atoms with van der Waals surface area (Å²) in [4.78, 5) is 0. The van der Waals surface area contributed by atoms with Crippen molar-refractivity contribution < 1.29 is 4.57 Å². The molecule has 0 spiro atoms. The Balaban J connectivity index is 3.18. The van der Waals surface area contributed by atoms with E-state index < -0.39 is 7.14 Å². The molecule has 0 aromatic carbocycles. The Bertz CT molecular complexity index is 291. The van der Waals surface area contributed by atoms with E-state index in [9.17, 15) is 4.57 Å². The van der Waals surface area contributed by atoms with E-state index in [1.54, 1.807) is 18.0 Å². The number of aryl methyl sites for hydroxylation is 2. The summed E-state index contributed by atoms with van der Waals surface area (Å²) in [5.74, 6) is 0. The fraction of sp³-hybridized carbons (Fsp3) is 0.571. The van der Waals surface area contributed by atoms with Crippen molar-refractivity contribution in [3.05, 3.63) is 11.8 Å². The number of aromatic nitrogens is 2. The van der Waals surface area contributed by atoms with Crippen molar-refractivity contribution in [2.75, 3.05) is 13.3 Å². The lowest BCUT2D eigenvalue weighted by molar-refractivity contribution is 0.587. The van der Waals surface area contributed by atoms with E-state index >= 15 is 0 Å². The van der Waals surface area contributed by atoms with Crippen LogP contribution in [0.25, 0.3) is 0 Å². The molecule has 0 saturated heterocycles. The first-order valence-electron chi connectivity index (χ1n) is 3.47. The smallest absolute Gasteiger partial charge is 0.129 e. The zero-order chi connectivity index (χ0) is 8.65. The molecular formula is C7H13N2OP. The van der Waals surface area contributed by atoms with Crippen LogP contribution < -0.4 is 5.44 Å². The van der Waals surface area contributed by atoms with Gasteiger partial charge in [-0.05, 0) is 26.3 Å². The molecule has 62 valence electrons. The highest BCUT2D eigenvalue weighted by Crippen LogP contribution is 2.33. The van der Waals surface area contributed by atoms with Gasteiger partial charge in [0.15, 0.2) is 0 Å². The summed E-state index contributed by atoms with van der Waals surface area (Å²) in [5.41, 5.74) is 1.77. The molecule has 0 fully saturated rings. The van der Waals surface area contributed by atoms with Gasteiger partial charge >= 0.3 is 0 Å². The van der Waals surface area contributed by atoms with E-state index in [0.717, 1.165) is 11.1 Å². The molecule has 0 atom stereocenters. The third-order valence-corrected chi connectivity index (χ3v) is 2.97. The standard InChI is InChI=1S/C7H13N2OP/c1-6-5-7(8-9(6)2)11(3,4)10/h5H,1-4H3. The Morgan fingerprint density at radius 1 is 1.55 bits per heavy atom. The SMILES string of the molecule is Cc1cc(P(C)(C)=O)nn1C. The van der Waals surface area contributed by atoms with Gasteiger partial charge in [-0.25, -0.2) is 0 Å². The number of nitrogens with zero attached hydrogens (tertiary/aromatic N) is 2. The first kappa shape index (κ1) is 8.54. The maximum atomic E-state index is 11.5. The van der Waals surface area contributed by atoms with Gasteiger partial charge in [-0.1, -0.05) is 0 Å². The topological polar surface area (TPSA) is 34.9 Å². The molecule has 4 heteroatoms. The van der Waals surface area contributed by atoms with Gasteiger partial charge in [0.1, 0.15) is 12.6 Å². The van der Waals surface area contributed by atoms with Crippen LogP contribution in [0.5, 0.6) is 0 Å². The van der Waals surface area contributed by atoms with Gasteiger partial charge in [0, 0.05) is 12.7 Å². The Morgan fingerprint density at radius 2 is 2.09 bits per heavy atom. The van der Waals surface area contributed by atoms with Crippen LogP contribution in [0.1, 0.15) is 5.69 Å². The van der Waals surface area contributed by atoms with Crippen LogP contribution in [0.3, 0.4) is 0 Å². The summed E-state index contributed by atoms with van der Waals surface area (Å²) < 4.78 is 13.3. The van der Waals surface area contributed by atoms with Crippen molar-refractivity contribution in [3.8, 4) is 0 Å². The summed E-state index contributed by atoms with van der Waals surface area (Å²) in [6, 6.07) is 1.88. The van der Waals surface area contributed by atoms with Crippen LogP contribution in [0, 0.1) is 6.92 Å². The molecule has 1 aromatic rings. The minimum Gasteiger partial charge on any atom is -0.318 e. The summed E-state index contributed by atoms with van der Waals surface area (Å²) in [7, 11) is -0.300. The van der Waals surface area contributed by atoms with Gasteiger partial charge in [0.25, 0.3) is 0 Å². The Morgan fingerprint density at radius 3 is 2.27 bits per heavy atom. The van der Waals surface area contributed by atoms with Gasteiger partial charge in [-0.15, -0.1) is 0 Å². The molecule has 3 nitrogen and oxygen atoms in total. The van der Waals surface area contributed by atoms with E-state index in [-0.39, 0.29) is 0 Å². The minimum atomic E-state index is -2.16. The van der Waals surface area contributed by atoms with Crippen LogP contribution >= 0.6 is 7.14 Å². The average Bonchev–Trinajstić information content (AvgIpc) is 2.11. The average molecular weight is 172 g/mol. The Hall–Kier alpha value is -0.560. The minimum absolute atomic E-state index is 0.720. The summed E-state index contributed by atoms with van der Waals surface area (Å²) in [6.45, 7) is 5.41. The first-order valence-corrected chi connectivity index (χ1v) is 6.07. The lowest BCUT2D eigenvalue weighted by atomic mass is 10.5. The second-order valence-electron chi connectivity index (χ2n) is 3.12. The maximum absolute atomic E-state index is 11.5. The maximum Gasteiger partial charge on any atom is 0.129 e. The van der Waals surface area contributed by atoms with Crippen molar-refractivity contribution in [1.82, 2.24) is 9.78 Å². The lowest BCUT2D eigenvalue weighted by Gasteiger charge is -1.98. The van der Waals surface area contributed by atoms with Crippen molar-refractivity contribution >= 4 is 12.6 Å². The highest BCUT2D eigenvalue weighted by atomic mass is 31.2. The highest BCUT2D eigenvalue weighted by molar-refractivity contribution is 7.69. The molecule has 0 aliphatic rings. The number of hydrogen-bond donors (Lipinski definition) is 0. The normalized spacial score (nSPS) is 12.0. The van der Waals surface area contributed by atoms with Crippen LogP contribution in [0.15, 0.2) is 6.07 Å². The molecule has 0 amide bonds. The van der Waals surface area contributed by atoms with Crippen molar-refractivity contribution in [2.45, 2.75) is 6.92 Å². The molecule has 11 heavy (non-hydrogen) atoms. The predicted molar refractivity (Wildman–Crippen MR) is 47.0 cm³/mol. The van der Waals surface area contributed by atoms with E-state index in [2.05, 4.69) is 5.10 Å². The van der Waals surface area contributed by atoms with E-state index in [1.807, 2.05) is 20.0 Å². The highest BCUT2D eigenvalue weighted by Gasteiger charge is 2.14. The molecule has 1 rings (SSSR count). The molecule has 0 radical (unpaired) electrons. The van der Waals surface area contributed by atoms with Crippen LogP contribution in [-0.2, 0) is 11.6 Å². The zero-order valence-electron chi connectivity index (χ0n) is 7.33. The largest absolute Gasteiger partial charge is 0.318 e. The third-order valence-electron chi connectivity index (χ3n) is 1.65. The monoisotopic (exact) mass is 172 g/mol. The Kier molecular flexibility index (Phi) is 1.93. The van der Waals surface area contributed by atoms with Gasteiger partial charge in [-0.2, -0.15) is 5.10 Å². The van der Waals surface area contributed by atoms with Crippen LogP contribution in [-0.4, -0.2) is 23.1 Å². The molecule has 0 aliphatic heterocycles. The fourth-order valence-corrected chi connectivity index (χ4v) is 1.65. The van der Waals surface area contributed by atoms with Gasteiger partial charge in [0.05, 0.1) is 0 Å². The first-order chi connectivity index (χ1) is 4.91. The van der Waals surface area contributed by atoms with Gasteiger partial charge in [0.2, 0.25) is 0 Å². The number of hydrogen-bond acceptors (Lipinski definition) is 2. The molecule has 0 saturated carbocycles. The molecular weight excluding hydrogens is 159 g/mol. The Labute approximate surface area is 66.8 Å². The van der Waals surface area contributed by atoms with E-state index in [4.69, 9.17) is 0 Å². The van der Waals surface area contributed by atoms with E-state index in [1.165, 1.54) is 0 Å². The zero-order valence-corrected chi connectivity index (χ0v) is 8.22. The van der Waals surface area contributed by atoms with Crippen LogP contribution in [0.2, 0.25) is 0 Å². The third kappa shape index (κ3) is 1.72. The lowest BCUT2D eigenvalue weighted by Crippen LogP contribution is -2.05. The molecule has 0 aliphatic carbocycles. The number of rotatable bonds is 1. The summed E-state index contributed by atoms with van der Waals surface area (Å²) in [5, 5.41) is 4.14. The molecule has 0 bridgehead atoms. The van der Waals surface area contributed by atoms with Crippen molar-refractivity contribution in [3.63, 3.8) is 0 Å². The second-order valence-corrected chi connectivity index (χ2v) is 6.28. The van der Waals surface area contributed by atoms with Crippen LogP contribution in [0.4, 0.5) is 0 Å². The van der Waals surface area contributed by atoms with Crippen molar-refractivity contribution in [2.24, 2.45) is 7.05 Å². The molecule has 0 unspecified atom stereocenters. The fourth-order valence-electron chi connectivity index (χ4n) is 0.805. The quantitative estimate of drug-likeness (QED) is 0.592.